The first kappa shape index (κ1) is 51.1. The largest absolute Gasteiger partial charge is 0.380 e. The SMILES string of the molecule is CCCCCCCCCCCCCCCC(=O)NCC(C)(C)COCC(C)(S)CNC(=O)CC(C)(C)COCC(C)(C)CNC(=O)CC[C@H](N)C(N)=O. The lowest BCUT2D eigenvalue weighted by Gasteiger charge is -2.30. The van der Waals surface area contributed by atoms with Crippen molar-refractivity contribution in [2.24, 2.45) is 27.7 Å². The topological polar surface area (TPSA) is 175 Å². The first-order valence-electron chi connectivity index (χ1n) is 20.4. The van der Waals surface area contributed by atoms with Crippen molar-refractivity contribution in [2.45, 2.75) is 175 Å². The molecule has 312 valence electrons. The van der Waals surface area contributed by atoms with Crippen LogP contribution in [-0.2, 0) is 28.7 Å². The molecule has 0 aromatic carbocycles. The van der Waals surface area contributed by atoms with Crippen molar-refractivity contribution in [1.82, 2.24) is 16.0 Å². The summed E-state index contributed by atoms with van der Waals surface area (Å²) in [4.78, 5) is 48.4. The highest BCUT2D eigenvalue weighted by molar-refractivity contribution is 7.81. The molecule has 2 atom stereocenters. The number of amides is 4. The molecule has 0 radical (unpaired) electrons. The Kier molecular flexibility index (Phi) is 26.7. The third kappa shape index (κ3) is 31.1. The number of hydrogen-bond acceptors (Lipinski definition) is 8. The molecule has 0 aromatic rings. The van der Waals surface area contributed by atoms with Gasteiger partial charge < -0.3 is 36.9 Å². The van der Waals surface area contributed by atoms with Crippen LogP contribution in [0.1, 0.15) is 165 Å². The number of primary amides is 1. The molecule has 0 saturated carbocycles. The average Bonchev–Trinajstić information content (AvgIpc) is 3.06. The minimum absolute atomic E-state index is 0.0916. The lowest BCUT2D eigenvalue weighted by atomic mass is 9.89. The number of carbonyl (C=O) groups is 4. The summed E-state index contributed by atoms with van der Waals surface area (Å²) in [6, 6.07) is -0.834. The van der Waals surface area contributed by atoms with Gasteiger partial charge in [0.05, 0.1) is 37.2 Å². The normalized spacial score (nSPS) is 14.0. The summed E-state index contributed by atoms with van der Waals surface area (Å²) in [7, 11) is 0. The molecule has 4 amide bonds. The summed E-state index contributed by atoms with van der Waals surface area (Å²) < 4.78 is 11.4. The van der Waals surface area contributed by atoms with Crippen molar-refractivity contribution < 1.29 is 28.7 Å². The molecule has 12 heteroatoms. The molecule has 0 aliphatic rings. The van der Waals surface area contributed by atoms with Gasteiger partial charge in [-0.2, -0.15) is 12.6 Å². The Morgan fingerprint density at radius 3 is 1.43 bits per heavy atom. The third-order valence-corrected chi connectivity index (χ3v) is 9.57. The van der Waals surface area contributed by atoms with Gasteiger partial charge in [0.15, 0.2) is 0 Å². The van der Waals surface area contributed by atoms with Crippen molar-refractivity contribution in [2.75, 3.05) is 46.1 Å². The zero-order chi connectivity index (χ0) is 40.4. The van der Waals surface area contributed by atoms with Gasteiger partial charge in [0.2, 0.25) is 23.6 Å². The molecule has 0 rings (SSSR count). The van der Waals surface area contributed by atoms with Crippen molar-refractivity contribution >= 4 is 36.3 Å². The van der Waals surface area contributed by atoms with Crippen LogP contribution in [0.25, 0.3) is 0 Å². The molecule has 11 nitrogen and oxygen atoms in total. The monoisotopic (exact) mass is 772 g/mol. The van der Waals surface area contributed by atoms with Gasteiger partial charge in [-0.05, 0) is 25.2 Å². The minimum Gasteiger partial charge on any atom is -0.380 e. The van der Waals surface area contributed by atoms with Crippen LogP contribution in [0.15, 0.2) is 0 Å². The van der Waals surface area contributed by atoms with Crippen LogP contribution >= 0.6 is 12.6 Å². The van der Waals surface area contributed by atoms with E-state index in [2.05, 4.69) is 36.7 Å². The van der Waals surface area contributed by atoms with Crippen LogP contribution in [0.5, 0.6) is 0 Å². The fourth-order valence-corrected chi connectivity index (χ4v) is 5.90. The molecular weight excluding hydrogens is 691 g/mol. The predicted octanol–water partition coefficient (Wildman–Crippen LogP) is 6.60. The fourth-order valence-electron chi connectivity index (χ4n) is 5.73. The van der Waals surface area contributed by atoms with Gasteiger partial charge in [-0.25, -0.2) is 0 Å². The fraction of sp³-hybridized carbons (Fsp3) is 0.902. The molecule has 0 bridgehead atoms. The lowest BCUT2D eigenvalue weighted by molar-refractivity contribution is -0.125. The summed E-state index contributed by atoms with van der Waals surface area (Å²) in [5, 5.41) is 8.93. The van der Waals surface area contributed by atoms with Gasteiger partial charge in [-0.1, -0.05) is 126 Å². The number of rotatable bonds is 34. The molecule has 53 heavy (non-hydrogen) atoms. The van der Waals surface area contributed by atoms with Crippen LogP contribution < -0.4 is 27.4 Å². The molecule has 0 aromatic heterocycles. The van der Waals surface area contributed by atoms with Gasteiger partial charge in [0.25, 0.3) is 0 Å². The third-order valence-electron chi connectivity index (χ3n) is 9.28. The van der Waals surface area contributed by atoms with E-state index in [0.717, 1.165) is 12.8 Å². The highest BCUT2D eigenvalue weighted by Crippen LogP contribution is 2.24. The van der Waals surface area contributed by atoms with E-state index >= 15 is 0 Å². The standard InChI is InChI=1S/C41H81N5O6S/c1-9-10-11-12-13-14-15-16-17-18-19-20-21-22-34(47)44-26-40(6,7)31-52-32-41(8,53)28-46-36(49)25-38(2,3)29-51-30-39(4,5)27-45-35(48)24-23-33(42)37(43)50/h33,53H,9-32,42H2,1-8H3,(H2,43,50)(H,44,47)(H,45,48)(H,46,49)/t33-,41?/m0/s1. The van der Waals surface area contributed by atoms with Crippen molar-refractivity contribution in [3.05, 3.63) is 0 Å². The molecule has 0 fully saturated rings. The van der Waals surface area contributed by atoms with Crippen LogP contribution in [0, 0.1) is 16.2 Å². The Balaban J connectivity index is 4.16. The molecule has 0 spiro atoms. The van der Waals surface area contributed by atoms with E-state index in [1.807, 2.05) is 34.6 Å². The highest BCUT2D eigenvalue weighted by atomic mass is 32.1. The Hall–Kier alpha value is -1.89. The number of carbonyl (C=O) groups excluding carboxylic acids is 4. The number of nitrogens with two attached hydrogens (primary N) is 2. The first-order valence-corrected chi connectivity index (χ1v) is 20.9. The second kappa shape index (κ2) is 27.7. The van der Waals surface area contributed by atoms with E-state index in [1.165, 1.54) is 70.6 Å². The second-order valence-corrected chi connectivity index (χ2v) is 19.1. The molecule has 1 unspecified atom stereocenters. The summed E-state index contributed by atoms with van der Waals surface area (Å²) in [5.41, 5.74) is 9.76. The Labute approximate surface area is 329 Å². The maximum absolute atomic E-state index is 12.8. The molecule has 0 aliphatic carbocycles. The summed E-state index contributed by atoms with van der Waals surface area (Å²) >= 11 is 4.75. The highest BCUT2D eigenvalue weighted by Gasteiger charge is 2.28. The van der Waals surface area contributed by atoms with Crippen LogP contribution in [0.2, 0.25) is 0 Å². The van der Waals surface area contributed by atoms with Crippen LogP contribution in [-0.4, -0.2) is 80.5 Å². The smallest absolute Gasteiger partial charge is 0.234 e. The van der Waals surface area contributed by atoms with E-state index in [1.54, 1.807) is 0 Å². The molecular formula is C41H81N5O6S. The minimum atomic E-state index is -0.834. The molecule has 0 heterocycles. The van der Waals surface area contributed by atoms with E-state index in [0.29, 0.717) is 52.5 Å². The predicted molar refractivity (Wildman–Crippen MR) is 221 cm³/mol. The molecule has 0 saturated heterocycles. The Bertz CT molecular complexity index is 1040. The molecule has 0 aliphatic heterocycles. The van der Waals surface area contributed by atoms with Gasteiger partial charge >= 0.3 is 0 Å². The summed E-state index contributed by atoms with van der Waals surface area (Å²) in [6.45, 7) is 19.1. The maximum Gasteiger partial charge on any atom is 0.234 e. The lowest BCUT2D eigenvalue weighted by Crippen LogP contribution is -2.43. The van der Waals surface area contributed by atoms with E-state index in [-0.39, 0.29) is 47.8 Å². The number of hydrogen-bond donors (Lipinski definition) is 6. The van der Waals surface area contributed by atoms with E-state index in [4.69, 9.17) is 33.6 Å². The van der Waals surface area contributed by atoms with E-state index < -0.39 is 22.1 Å². The van der Waals surface area contributed by atoms with Gasteiger partial charge in [-0.15, -0.1) is 0 Å². The van der Waals surface area contributed by atoms with Crippen molar-refractivity contribution in [3.8, 4) is 0 Å². The quantitative estimate of drug-likeness (QED) is 0.0316. The average molecular weight is 772 g/mol. The maximum atomic E-state index is 12.8. The molecule has 7 N–H and O–H groups in total. The summed E-state index contributed by atoms with van der Waals surface area (Å²) in [5.74, 6) is -0.813. The first-order chi connectivity index (χ1) is 24.7. The van der Waals surface area contributed by atoms with Crippen molar-refractivity contribution in [3.63, 3.8) is 0 Å². The van der Waals surface area contributed by atoms with Crippen LogP contribution in [0.3, 0.4) is 0 Å². The second-order valence-electron chi connectivity index (χ2n) is 18.0. The van der Waals surface area contributed by atoms with Gasteiger partial charge in [0, 0.05) is 49.7 Å². The van der Waals surface area contributed by atoms with E-state index in [9.17, 15) is 19.2 Å². The Morgan fingerprint density at radius 1 is 0.566 bits per heavy atom. The number of nitrogens with one attached hydrogen (secondary N) is 3. The number of thiol groups is 1. The van der Waals surface area contributed by atoms with Gasteiger partial charge in [-0.3, -0.25) is 19.2 Å². The van der Waals surface area contributed by atoms with Crippen LogP contribution in [0.4, 0.5) is 0 Å². The zero-order valence-electron chi connectivity index (χ0n) is 35.1. The number of unbranched alkanes of at least 4 members (excludes halogenated alkanes) is 12. The number of ether oxygens (including phenoxy) is 2. The van der Waals surface area contributed by atoms with Gasteiger partial charge in [0.1, 0.15) is 0 Å². The van der Waals surface area contributed by atoms with Crippen molar-refractivity contribution in [1.29, 1.82) is 0 Å². The Morgan fingerprint density at radius 2 is 0.962 bits per heavy atom. The summed E-state index contributed by atoms with van der Waals surface area (Å²) in [6.07, 6.45) is 18.0. The zero-order valence-corrected chi connectivity index (χ0v) is 36.0.